The molecule has 3 aromatic rings. The third-order valence-electron chi connectivity index (χ3n) is 5.31. The molecule has 1 saturated heterocycles. The van der Waals surface area contributed by atoms with E-state index in [1.165, 1.54) is 16.9 Å². The van der Waals surface area contributed by atoms with E-state index in [4.69, 9.17) is 4.42 Å². The number of thiazole rings is 1. The van der Waals surface area contributed by atoms with Gasteiger partial charge in [0.05, 0.1) is 18.4 Å². The number of benzene rings is 1. The lowest BCUT2D eigenvalue weighted by Gasteiger charge is -2.32. The Labute approximate surface area is 179 Å². The van der Waals surface area contributed by atoms with Gasteiger partial charge in [0.15, 0.2) is 10.8 Å². The second-order valence-corrected chi connectivity index (χ2v) is 8.36. The van der Waals surface area contributed by atoms with Crippen LogP contribution in [-0.4, -0.2) is 40.8 Å². The highest BCUT2D eigenvalue weighted by molar-refractivity contribution is 7.13. The van der Waals surface area contributed by atoms with Gasteiger partial charge in [0.1, 0.15) is 0 Å². The number of amides is 2. The van der Waals surface area contributed by atoms with Crippen LogP contribution in [0.25, 0.3) is 10.8 Å². The van der Waals surface area contributed by atoms with E-state index in [0.29, 0.717) is 25.9 Å². The van der Waals surface area contributed by atoms with Crippen molar-refractivity contribution in [2.45, 2.75) is 38.1 Å². The monoisotopic (exact) mass is 423 g/mol. The van der Waals surface area contributed by atoms with Crippen molar-refractivity contribution < 1.29 is 14.0 Å². The minimum absolute atomic E-state index is 0.0801. The lowest BCUT2D eigenvalue weighted by molar-refractivity contribution is -0.131. The van der Waals surface area contributed by atoms with Crippen molar-refractivity contribution in [1.29, 1.82) is 0 Å². The third-order valence-corrected chi connectivity index (χ3v) is 6.22. The molecule has 1 aromatic carbocycles. The molecule has 0 aliphatic carbocycles. The zero-order chi connectivity index (χ0) is 20.8. The fourth-order valence-electron chi connectivity index (χ4n) is 3.64. The Morgan fingerprint density at radius 1 is 1.13 bits per heavy atom. The normalized spacial score (nSPS) is 14.6. The molecule has 0 radical (unpaired) electrons. The molecule has 0 spiro atoms. The van der Waals surface area contributed by atoms with Gasteiger partial charge in [-0.1, -0.05) is 30.3 Å². The molecular weight excluding hydrogens is 398 g/mol. The van der Waals surface area contributed by atoms with E-state index in [2.05, 4.69) is 10.3 Å². The molecular formula is C23H25N3O3S. The third kappa shape index (κ3) is 5.36. The summed E-state index contributed by atoms with van der Waals surface area (Å²) in [6.45, 7) is 1.33. The minimum Gasteiger partial charge on any atom is -0.462 e. The summed E-state index contributed by atoms with van der Waals surface area (Å²) in [4.78, 5) is 31.2. The average molecular weight is 424 g/mol. The van der Waals surface area contributed by atoms with Crippen LogP contribution in [0.15, 0.2) is 58.5 Å². The highest BCUT2D eigenvalue weighted by atomic mass is 32.1. The van der Waals surface area contributed by atoms with E-state index < -0.39 is 0 Å². The number of nitrogens with one attached hydrogen (secondary N) is 1. The van der Waals surface area contributed by atoms with Crippen LogP contribution in [0, 0.1) is 0 Å². The average Bonchev–Trinajstić information content (AvgIpc) is 3.45. The van der Waals surface area contributed by atoms with E-state index in [9.17, 15) is 9.59 Å². The maximum absolute atomic E-state index is 12.6. The zero-order valence-corrected chi connectivity index (χ0v) is 17.6. The Morgan fingerprint density at radius 3 is 2.67 bits per heavy atom. The first-order chi connectivity index (χ1) is 14.7. The molecule has 0 saturated carbocycles. The maximum atomic E-state index is 12.6. The molecule has 1 aliphatic rings. The number of hydrogen-bond acceptors (Lipinski definition) is 5. The maximum Gasteiger partial charge on any atom is 0.228 e. The summed E-state index contributed by atoms with van der Waals surface area (Å²) >= 11 is 1.48. The second-order valence-electron chi connectivity index (χ2n) is 7.51. The smallest absolute Gasteiger partial charge is 0.228 e. The van der Waals surface area contributed by atoms with Gasteiger partial charge < -0.3 is 14.6 Å². The number of carbonyl (C=O) groups is 2. The summed E-state index contributed by atoms with van der Waals surface area (Å²) in [7, 11) is 0. The number of piperidine rings is 1. The molecule has 30 heavy (non-hydrogen) atoms. The topological polar surface area (TPSA) is 75.4 Å². The number of likely N-dealkylation sites (tertiary alicyclic amines) is 1. The van der Waals surface area contributed by atoms with Gasteiger partial charge in [0.2, 0.25) is 11.8 Å². The second kappa shape index (κ2) is 9.71. The van der Waals surface area contributed by atoms with Crippen LogP contribution < -0.4 is 5.32 Å². The number of aromatic nitrogens is 1. The highest BCUT2D eigenvalue weighted by Gasteiger charge is 2.24. The van der Waals surface area contributed by atoms with Crippen LogP contribution in [0.3, 0.4) is 0 Å². The first-order valence-electron chi connectivity index (χ1n) is 10.3. The van der Waals surface area contributed by atoms with E-state index in [1.54, 1.807) is 6.26 Å². The Morgan fingerprint density at radius 2 is 1.93 bits per heavy atom. The number of rotatable bonds is 7. The van der Waals surface area contributed by atoms with Gasteiger partial charge in [-0.05, 0) is 37.0 Å². The van der Waals surface area contributed by atoms with Crippen molar-refractivity contribution in [3.63, 3.8) is 0 Å². The van der Waals surface area contributed by atoms with Crippen LogP contribution in [-0.2, 0) is 22.4 Å². The first kappa shape index (κ1) is 20.3. The van der Waals surface area contributed by atoms with Crippen LogP contribution in [0.5, 0.6) is 0 Å². The standard InChI is InChI=1S/C23H25N3O3S/c27-21(9-8-17-5-2-1-3-6-17)24-18-10-12-26(13-11-18)22(28)15-19-16-30-23(25-19)20-7-4-14-29-20/h1-7,14,16,18H,8-13,15H2,(H,24,27). The molecule has 0 unspecified atom stereocenters. The van der Waals surface area contributed by atoms with Crippen LogP contribution in [0.2, 0.25) is 0 Å². The molecule has 6 nitrogen and oxygen atoms in total. The molecule has 1 N–H and O–H groups in total. The molecule has 0 atom stereocenters. The number of carbonyl (C=O) groups excluding carboxylic acids is 2. The first-order valence-corrected chi connectivity index (χ1v) is 11.1. The van der Waals surface area contributed by atoms with E-state index in [-0.39, 0.29) is 17.9 Å². The summed E-state index contributed by atoms with van der Waals surface area (Å²) in [5.41, 5.74) is 1.94. The van der Waals surface area contributed by atoms with Gasteiger partial charge in [0, 0.05) is 30.9 Å². The summed E-state index contributed by atoms with van der Waals surface area (Å²) in [6, 6.07) is 13.9. The quantitative estimate of drug-likeness (QED) is 0.629. The fourth-order valence-corrected chi connectivity index (χ4v) is 4.43. The molecule has 1 fully saturated rings. The van der Waals surface area contributed by atoms with Crippen molar-refractivity contribution in [2.24, 2.45) is 0 Å². The van der Waals surface area contributed by atoms with Gasteiger partial charge in [0.25, 0.3) is 0 Å². The largest absolute Gasteiger partial charge is 0.462 e. The van der Waals surface area contributed by atoms with Gasteiger partial charge in [-0.3, -0.25) is 9.59 Å². The van der Waals surface area contributed by atoms with Crippen molar-refractivity contribution in [3.8, 4) is 10.8 Å². The molecule has 2 amide bonds. The molecule has 2 aromatic heterocycles. The number of aryl methyl sites for hydroxylation is 1. The summed E-state index contributed by atoms with van der Waals surface area (Å²) < 4.78 is 5.36. The van der Waals surface area contributed by atoms with Crippen molar-refractivity contribution in [1.82, 2.24) is 15.2 Å². The van der Waals surface area contributed by atoms with Gasteiger partial charge in [-0.2, -0.15) is 0 Å². The Hall–Kier alpha value is -2.93. The number of hydrogen-bond donors (Lipinski definition) is 1. The van der Waals surface area contributed by atoms with Gasteiger partial charge >= 0.3 is 0 Å². The van der Waals surface area contributed by atoms with E-state index in [1.807, 2.05) is 52.7 Å². The molecule has 156 valence electrons. The van der Waals surface area contributed by atoms with Crippen molar-refractivity contribution in [2.75, 3.05) is 13.1 Å². The highest BCUT2D eigenvalue weighted by Crippen LogP contribution is 2.24. The predicted molar refractivity (Wildman–Crippen MR) is 116 cm³/mol. The van der Waals surface area contributed by atoms with Crippen molar-refractivity contribution in [3.05, 3.63) is 65.4 Å². The van der Waals surface area contributed by atoms with E-state index in [0.717, 1.165) is 35.7 Å². The van der Waals surface area contributed by atoms with Crippen LogP contribution >= 0.6 is 11.3 Å². The molecule has 3 heterocycles. The summed E-state index contributed by atoms with van der Waals surface area (Å²) in [6.07, 6.45) is 4.73. The minimum atomic E-state index is 0.0801. The molecule has 0 bridgehead atoms. The Balaban J connectivity index is 1.19. The SMILES string of the molecule is O=C(CCc1ccccc1)NC1CCN(C(=O)Cc2csc(-c3ccco3)n2)CC1. The van der Waals surface area contributed by atoms with Gasteiger partial charge in [-0.25, -0.2) is 4.98 Å². The zero-order valence-electron chi connectivity index (χ0n) is 16.8. The van der Waals surface area contributed by atoms with Crippen molar-refractivity contribution >= 4 is 23.2 Å². The molecule has 7 heteroatoms. The van der Waals surface area contributed by atoms with Crippen LogP contribution in [0.1, 0.15) is 30.5 Å². The fraction of sp³-hybridized carbons (Fsp3) is 0.348. The number of nitrogens with zero attached hydrogens (tertiary/aromatic N) is 2. The Kier molecular flexibility index (Phi) is 6.59. The van der Waals surface area contributed by atoms with Crippen LogP contribution in [0.4, 0.5) is 0 Å². The Bertz CT molecular complexity index is 961. The summed E-state index contributed by atoms with van der Waals surface area (Å²) in [5, 5.41) is 5.82. The molecule has 1 aliphatic heterocycles. The van der Waals surface area contributed by atoms with E-state index >= 15 is 0 Å². The lowest BCUT2D eigenvalue weighted by Crippen LogP contribution is -2.47. The predicted octanol–water partition coefficient (Wildman–Crippen LogP) is 3.69. The molecule has 4 rings (SSSR count). The number of furan rings is 1. The summed E-state index contributed by atoms with van der Waals surface area (Å²) in [5.74, 6) is 0.888. The van der Waals surface area contributed by atoms with Gasteiger partial charge in [-0.15, -0.1) is 11.3 Å². The lowest BCUT2D eigenvalue weighted by atomic mass is 10.0.